The number of nitrogens with one attached hydrogen (secondary N) is 1. The number of aryl methyl sites for hydroxylation is 1. The number of aromatic nitrogens is 4. The molecule has 8 nitrogen and oxygen atoms in total. The Morgan fingerprint density at radius 1 is 1.14 bits per heavy atom. The lowest BCUT2D eigenvalue weighted by Gasteiger charge is -2.37. The first-order chi connectivity index (χ1) is 13.6. The van der Waals surface area contributed by atoms with Gasteiger partial charge in [-0.25, -0.2) is 9.67 Å². The average molecular weight is 384 g/mol. The summed E-state index contributed by atoms with van der Waals surface area (Å²) in [6.07, 6.45) is 8.81. The van der Waals surface area contributed by atoms with Crippen molar-refractivity contribution in [1.82, 2.24) is 19.7 Å². The fourth-order valence-electron chi connectivity index (χ4n) is 4.23. The van der Waals surface area contributed by atoms with Crippen LogP contribution in [0.4, 0.5) is 11.6 Å². The Morgan fingerprint density at radius 2 is 2.04 bits per heavy atom. The first-order valence-corrected chi connectivity index (χ1v) is 10.2. The van der Waals surface area contributed by atoms with Crippen molar-refractivity contribution in [3.8, 4) is 0 Å². The molecule has 1 aliphatic heterocycles. The molecule has 8 heteroatoms. The summed E-state index contributed by atoms with van der Waals surface area (Å²) < 4.78 is 1.50. The molecule has 3 atom stereocenters. The predicted molar refractivity (Wildman–Crippen MR) is 108 cm³/mol. The maximum Gasteiger partial charge on any atom is 0.267 e. The van der Waals surface area contributed by atoms with Crippen LogP contribution in [0.15, 0.2) is 29.3 Å². The zero-order chi connectivity index (χ0) is 19.5. The summed E-state index contributed by atoms with van der Waals surface area (Å²) in [5, 5.41) is 18.3. The largest absolute Gasteiger partial charge is 0.391 e. The molecule has 28 heavy (non-hydrogen) atoms. The third-order valence-corrected chi connectivity index (χ3v) is 5.79. The van der Waals surface area contributed by atoms with Gasteiger partial charge in [0.05, 0.1) is 30.2 Å². The van der Waals surface area contributed by atoms with Gasteiger partial charge < -0.3 is 15.3 Å². The molecule has 2 aliphatic rings. The Balaban J connectivity index is 1.52. The highest BCUT2D eigenvalue weighted by Crippen LogP contribution is 2.29. The molecular weight excluding hydrogens is 356 g/mol. The minimum absolute atomic E-state index is 0.142. The van der Waals surface area contributed by atoms with Crippen LogP contribution in [0.2, 0.25) is 0 Å². The van der Waals surface area contributed by atoms with Crippen LogP contribution in [-0.4, -0.2) is 50.1 Å². The quantitative estimate of drug-likeness (QED) is 0.813. The number of piperidine rings is 1. The third kappa shape index (κ3) is 4.01. The summed E-state index contributed by atoms with van der Waals surface area (Å²) in [6, 6.07) is 3.45. The molecule has 2 fully saturated rings. The van der Waals surface area contributed by atoms with E-state index >= 15 is 0 Å². The van der Waals surface area contributed by atoms with E-state index in [-0.39, 0.29) is 17.6 Å². The van der Waals surface area contributed by atoms with Gasteiger partial charge in [-0.05, 0) is 51.5 Å². The van der Waals surface area contributed by atoms with E-state index in [1.54, 1.807) is 18.5 Å². The van der Waals surface area contributed by atoms with Crippen molar-refractivity contribution < 1.29 is 5.11 Å². The van der Waals surface area contributed by atoms with Crippen molar-refractivity contribution >= 4 is 11.6 Å². The van der Waals surface area contributed by atoms with Gasteiger partial charge >= 0.3 is 0 Å². The van der Waals surface area contributed by atoms with Gasteiger partial charge in [0.1, 0.15) is 11.6 Å². The lowest BCUT2D eigenvalue weighted by atomic mass is 10.0. The minimum Gasteiger partial charge on any atom is -0.391 e. The monoisotopic (exact) mass is 384 g/mol. The van der Waals surface area contributed by atoms with Gasteiger partial charge in [-0.15, -0.1) is 0 Å². The van der Waals surface area contributed by atoms with Gasteiger partial charge in [0, 0.05) is 25.2 Å². The van der Waals surface area contributed by atoms with Crippen molar-refractivity contribution in [1.29, 1.82) is 0 Å². The van der Waals surface area contributed by atoms with Gasteiger partial charge in [-0.1, -0.05) is 0 Å². The molecular formula is C20H28N6O2. The zero-order valence-corrected chi connectivity index (χ0v) is 16.3. The minimum atomic E-state index is -0.487. The summed E-state index contributed by atoms with van der Waals surface area (Å²) in [4.78, 5) is 23.3. The fourth-order valence-corrected chi connectivity index (χ4v) is 4.23. The molecule has 2 aromatic rings. The summed E-state index contributed by atoms with van der Waals surface area (Å²) in [7, 11) is 0. The van der Waals surface area contributed by atoms with Crippen molar-refractivity contribution in [3.05, 3.63) is 40.6 Å². The van der Waals surface area contributed by atoms with Crippen LogP contribution in [0.5, 0.6) is 0 Å². The van der Waals surface area contributed by atoms with E-state index in [0.29, 0.717) is 0 Å². The van der Waals surface area contributed by atoms with Crippen LogP contribution in [0, 0.1) is 6.92 Å². The van der Waals surface area contributed by atoms with Gasteiger partial charge in [0.25, 0.3) is 5.56 Å². The van der Waals surface area contributed by atoms with Crippen LogP contribution < -0.4 is 15.8 Å². The molecule has 4 rings (SSSR count). The Labute approximate surface area is 164 Å². The number of aliphatic hydroxyl groups is 1. The van der Waals surface area contributed by atoms with Gasteiger partial charge in [-0.2, -0.15) is 5.10 Å². The molecule has 0 radical (unpaired) electrons. The molecule has 0 spiro atoms. The normalized spacial score (nSPS) is 25.1. The van der Waals surface area contributed by atoms with Crippen molar-refractivity contribution in [2.24, 2.45) is 0 Å². The smallest absolute Gasteiger partial charge is 0.267 e. The van der Waals surface area contributed by atoms with Crippen LogP contribution in [0.25, 0.3) is 0 Å². The molecule has 0 aromatic carbocycles. The summed E-state index contributed by atoms with van der Waals surface area (Å²) in [5.74, 6) is 1.57. The molecule has 1 saturated carbocycles. The Morgan fingerprint density at radius 3 is 2.79 bits per heavy atom. The molecule has 2 N–H and O–H groups in total. The van der Waals surface area contributed by atoms with Crippen LogP contribution in [0.1, 0.15) is 50.3 Å². The fraction of sp³-hybridized carbons (Fsp3) is 0.600. The molecule has 1 aliphatic carbocycles. The number of aliphatic hydroxyl groups excluding tert-OH is 1. The van der Waals surface area contributed by atoms with E-state index in [2.05, 4.69) is 25.3 Å². The second kappa shape index (κ2) is 8.26. The molecule has 3 heterocycles. The number of hydrogen-bond donors (Lipinski definition) is 2. The summed E-state index contributed by atoms with van der Waals surface area (Å²) >= 11 is 0. The summed E-state index contributed by atoms with van der Waals surface area (Å²) in [5.41, 5.74) is 0.752. The van der Waals surface area contributed by atoms with E-state index in [1.807, 2.05) is 13.0 Å². The highest BCUT2D eigenvalue weighted by molar-refractivity contribution is 5.40. The highest BCUT2D eigenvalue weighted by Gasteiger charge is 2.30. The molecule has 2 aromatic heterocycles. The predicted octanol–water partition coefficient (Wildman–Crippen LogP) is 1.90. The maximum atomic E-state index is 12.3. The van der Waals surface area contributed by atoms with E-state index in [9.17, 15) is 9.90 Å². The first kappa shape index (κ1) is 18.9. The Hall–Kier alpha value is -2.48. The summed E-state index contributed by atoms with van der Waals surface area (Å²) in [6.45, 7) is 3.57. The topological polar surface area (TPSA) is 96.2 Å². The lowest BCUT2D eigenvalue weighted by Crippen LogP contribution is -2.45. The van der Waals surface area contributed by atoms with Gasteiger partial charge in [0.15, 0.2) is 0 Å². The highest BCUT2D eigenvalue weighted by atomic mass is 16.3. The van der Waals surface area contributed by atoms with Crippen LogP contribution in [0.3, 0.4) is 0 Å². The van der Waals surface area contributed by atoms with Crippen molar-refractivity contribution in [2.75, 3.05) is 23.3 Å². The Kier molecular flexibility index (Phi) is 5.57. The number of anilines is 2. The van der Waals surface area contributed by atoms with Crippen LogP contribution in [-0.2, 0) is 0 Å². The van der Waals surface area contributed by atoms with E-state index in [0.717, 1.165) is 62.5 Å². The van der Waals surface area contributed by atoms with Crippen LogP contribution >= 0.6 is 0 Å². The van der Waals surface area contributed by atoms with E-state index in [1.165, 1.54) is 11.1 Å². The first-order valence-electron chi connectivity index (χ1n) is 10.2. The second-order valence-electron chi connectivity index (χ2n) is 7.81. The number of hydrogen-bond acceptors (Lipinski definition) is 7. The average Bonchev–Trinajstić information content (AvgIpc) is 3.14. The molecule has 3 unspecified atom stereocenters. The van der Waals surface area contributed by atoms with Gasteiger partial charge in [0.2, 0.25) is 0 Å². The second-order valence-corrected chi connectivity index (χ2v) is 7.81. The molecule has 0 bridgehead atoms. The van der Waals surface area contributed by atoms with E-state index in [4.69, 9.17) is 0 Å². The van der Waals surface area contributed by atoms with E-state index < -0.39 is 6.10 Å². The van der Waals surface area contributed by atoms with Crippen molar-refractivity contribution in [2.45, 2.75) is 63.6 Å². The van der Waals surface area contributed by atoms with Crippen molar-refractivity contribution in [3.63, 3.8) is 0 Å². The molecule has 150 valence electrons. The molecule has 0 amide bonds. The van der Waals surface area contributed by atoms with Gasteiger partial charge in [-0.3, -0.25) is 9.78 Å². The Bertz CT molecular complexity index is 853. The SMILES string of the molecule is Cc1cnc(NCC2CCCCN2c2ccc(=O)n(C3CCCC3O)n2)cn1. The number of rotatable bonds is 5. The lowest BCUT2D eigenvalue weighted by molar-refractivity contribution is 0.127. The molecule has 1 saturated heterocycles. The number of nitrogens with zero attached hydrogens (tertiary/aromatic N) is 5. The third-order valence-electron chi connectivity index (χ3n) is 5.79. The standard InChI is InChI=1S/C20H28N6O2/c1-14-11-22-18(13-21-14)23-12-15-5-2-3-10-25(15)19-8-9-20(28)26(24-19)16-6-4-7-17(16)27/h8-9,11,13,15-17,27H,2-7,10,12H2,1H3,(H,22,23). The maximum absolute atomic E-state index is 12.3. The zero-order valence-electron chi connectivity index (χ0n) is 16.3.